The van der Waals surface area contributed by atoms with Gasteiger partial charge in [-0.3, -0.25) is 4.79 Å². The monoisotopic (exact) mass is 345 g/mol. The molecule has 1 amide bonds. The Labute approximate surface area is 146 Å². The highest BCUT2D eigenvalue weighted by Crippen LogP contribution is 2.34. The summed E-state index contributed by atoms with van der Waals surface area (Å²) in [7, 11) is 0. The molecule has 0 unspecified atom stereocenters. The molecule has 3 rings (SSSR count). The number of carbonyl (C=O) groups is 1. The number of benzene rings is 2. The Balaban J connectivity index is 1.83. The summed E-state index contributed by atoms with van der Waals surface area (Å²) >= 11 is 5.97. The van der Waals surface area contributed by atoms with Crippen LogP contribution >= 0.6 is 11.6 Å². The van der Waals surface area contributed by atoms with Gasteiger partial charge in [0.05, 0.1) is 6.04 Å². The van der Waals surface area contributed by atoms with Crippen molar-refractivity contribution in [2.24, 2.45) is 5.92 Å². The first-order valence-corrected chi connectivity index (χ1v) is 8.38. The Bertz CT molecular complexity index is 745. The van der Waals surface area contributed by atoms with Gasteiger partial charge in [-0.05, 0) is 41.8 Å². The lowest BCUT2D eigenvalue weighted by Crippen LogP contribution is -2.31. The van der Waals surface area contributed by atoms with Crippen molar-refractivity contribution in [3.63, 3.8) is 0 Å². The summed E-state index contributed by atoms with van der Waals surface area (Å²) in [5.74, 6) is 1.54. The van der Waals surface area contributed by atoms with Gasteiger partial charge in [-0.25, -0.2) is 0 Å². The quantitative estimate of drug-likeness (QED) is 0.901. The number of halogens is 1. The van der Waals surface area contributed by atoms with Crippen molar-refractivity contribution in [3.8, 4) is 11.5 Å². The molecule has 0 saturated carbocycles. The number of ether oxygens (including phenoxy) is 2. The fraction of sp³-hybridized carbons (Fsp3) is 0.316. The van der Waals surface area contributed by atoms with Crippen LogP contribution in [0.25, 0.3) is 0 Å². The predicted octanol–water partition coefficient (Wildman–Crippen LogP) is 4.24. The van der Waals surface area contributed by atoms with E-state index in [-0.39, 0.29) is 17.9 Å². The van der Waals surface area contributed by atoms with Crippen molar-refractivity contribution in [2.45, 2.75) is 19.9 Å². The third-order valence-electron chi connectivity index (χ3n) is 3.97. The first kappa shape index (κ1) is 16.7. The van der Waals surface area contributed by atoms with Crippen molar-refractivity contribution in [1.82, 2.24) is 5.32 Å². The molecule has 126 valence electrons. The van der Waals surface area contributed by atoms with E-state index in [0.717, 1.165) is 17.1 Å². The highest BCUT2D eigenvalue weighted by molar-refractivity contribution is 6.30. The van der Waals surface area contributed by atoms with Gasteiger partial charge in [0.1, 0.15) is 13.2 Å². The first-order chi connectivity index (χ1) is 11.5. The van der Waals surface area contributed by atoms with Crippen molar-refractivity contribution in [1.29, 1.82) is 0 Å². The molecular weight excluding hydrogens is 326 g/mol. The standard InChI is InChI=1S/C19H20ClNO3/c1-12(2)18(21-19(22)14-4-3-5-15(20)10-14)13-6-7-16-17(11-13)24-9-8-23-16/h3-7,10-12,18H,8-9H2,1-2H3,(H,21,22)/t18-/m0/s1. The maximum absolute atomic E-state index is 12.5. The van der Waals surface area contributed by atoms with Gasteiger partial charge in [-0.2, -0.15) is 0 Å². The Morgan fingerprint density at radius 2 is 1.83 bits per heavy atom. The zero-order valence-corrected chi connectivity index (χ0v) is 14.5. The zero-order chi connectivity index (χ0) is 17.1. The second-order valence-corrected chi connectivity index (χ2v) is 6.55. The van der Waals surface area contributed by atoms with E-state index in [1.54, 1.807) is 24.3 Å². The van der Waals surface area contributed by atoms with Crippen LogP contribution in [0.4, 0.5) is 0 Å². The normalized spacial score (nSPS) is 14.3. The molecule has 0 spiro atoms. The van der Waals surface area contributed by atoms with Crippen LogP contribution in [0, 0.1) is 5.92 Å². The molecule has 24 heavy (non-hydrogen) atoms. The number of hydrogen-bond donors (Lipinski definition) is 1. The van der Waals surface area contributed by atoms with Crippen LogP contribution in [0.15, 0.2) is 42.5 Å². The molecule has 1 N–H and O–H groups in total. The molecule has 0 fully saturated rings. The summed E-state index contributed by atoms with van der Waals surface area (Å²) in [5, 5.41) is 3.63. The molecule has 5 heteroatoms. The Hall–Kier alpha value is -2.20. The van der Waals surface area contributed by atoms with E-state index in [4.69, 9.17) is 21.1 Å². The predicted molar refractivity (Wildman–Crippen MR) is 93.9 cm³/mol. The fourth-order valence-electron chi connectivity index (χ4n) is 2.74. The summed E-state index contributed by atoms with van der Waals surface area (Å²) in [5.41, 5.74) is 1.54. The smallest absolute Gasteiger partial charge is 0.251 e. The van der Waals surface area contributed by atoms with Gasteiger partial charge in [0.15, 0.2) is 11.5 Å². The molecule has 0 saturated heterocycles. The number of nitrogens with one attached hydrogen (secondary N) is 1. The molecule has 0 aliphatic carbocycles. The minimum Gasteiger partial charge on any atom is -0.486 e. The number of fused-ring (bicyclic) bond motifs is 1. The Morgan fingerprint density at radius 3 is 2.54 bits per heavy atom. The van der Waals surface area contributed by atoms with Gasteiger partial charge in [0, 0.05) is 10.6 Å². The lowest BCUT2D eigenvalue weighted by atomic mass is 9.95. The molecule has 1 aliphatic rings. The molecule has 2 aromatic rings. The number of carbonyl (C=O) groups excluding carboxylic acids is 1. The van der Waals surface area contributed by atoms with Crippen LogP contribution in [0.5, 0.6) is 11.5 Å². The summed E-state index contributed by atoms with van der Waals surface area (Å²) in [4.78, 5) is 12.5. The first-order valence-electron chi connectivity index (χ1n) is 8.00. The van der Waals surface area contributed by atoms with E-state index in [2.05, 4.69) is 19.2 Å². The summed E-state index contributed by atoms with van der Waals surface area (Å²) in [6.45, 7) is 5.24. The van der Waals surface area contributed by atoms with Gasteiger partial charge in [-0.15, -0.1) is 0 Å². The Morgan fingerprint density at radius 1 is 1.08 bits per heavy atom. The van der Waals surface area contributed by atoms with Gasteiger partial charge < -0.3 is 14.8 Å². The van der Waals surface area contributed by atoms with Crippen LogP contribution in [-0.2, 0) is 0 Å². The second kappa shape index (κ2) is 7.14. The van der Waals surface area contributed by atoms with Gasteiger partial charge in [-0.1, -0.05) is 37.6 Å². The topological polar surface area (TPSA) is 47.6 Å². The van der Waals surface area contributed by atoms with Crippen molar-refractivity contribution in [3.05, 3.63) is 58.6 Å². The third kappa shape index (κ3) is 3.65. The average Bonchev–Trinajstić information content (AvgIpc) is 2.58. The average molecular weight is 346 g/mol. The minimum atomic E-state index is -0.147. The van der Waals surface area contributed by atoms with E-state index in [0.29, 0.717) is 23.8 Å². The van der Waals surface area contributed by atoms with Crippen molar-refractivity contribution in [2.75, 3.05) is 13.2 Å². The second-order valence-electron chi connectivity index (χ2n) is 6.11. The minimum absolute atomic E-state index is 0.132. The van der Waals surface area contributed by atoms with Crippen LogP contribution in [0.3, 0.4) is 0 Å². The fourth-order valence-corrected chi connectivity index (χ4v) is 2.93. The molecule has 0 radical (unpaired) electrons. The van der Waals surface area contributed by atoms with E-state index < -0.39 is 0 Å². The van der Waals surface area contributed by atoms with E-state index in [1.807, 2.05) is 18.2 Å². The van der Waals surface area contributed by atoms with Gasteiger partial charge >= 0.3 is 0 Å². The third-order valence-corrected chi connectivity index (χ3v) is 4.20. The Kier molecular flexibility index (Phi) is 4.95. The van der Waals surface area contributed by atoms with Gasteiger partial charge in [0.2, 0.25) is 0 Å². The van der Waals surface area contributed by atoms with Crippen LogP contribution in [-0.4, -0.2) is 19.1 Å². The number of rotatable bonds is 4. The molecule has 1 heterocycles. The molecule has 0 bridgehead atoms. The highest BCUT2D eigenvalue weighted by Gasteiger charge is 2.22. The van der Waals surface area contributed by atoms with Gasteiger partial charge in [0.25, 0.3) is 5.91 Å². The maximum Gasteiger partial charge on any atom is 0.251 e. The van der Waals surface area contributed by atoms with Crippen LogP contribution in [0.1, 0.15) is 35.8 Å². The molecule has 2 aromatic carbocycles. The number of amides is 1. The lowest BCUT2D eigenvalue weighted by Gasteiger charge is -2.25. The number of hydrogen-bond acceptors (Lipinski definition) is 3. The van der Waals surface area contributed by atoms with E-state index >= 15 is 0 Å². The van der Waals surface area contributed by atoms with Crippen LogP contribution in [0.2, 0.25) is 5.02 Å². The molecule has 4 nitrogen and oxygen atoms in total. The van der Waals surface area contributed by atoms with Crippen molar-refractivity contribution < 1.29 is 14.3 Å². The lowest BCUT2D eigenvalue weighted by molar-refractivity contribution is 0.0925. The van der Waals surface area contributed by atoms with Crippen LogP contribution < -0.4 is 14.8 Å². The molecular formula is C19H20ClNO3. The maximum atomic E-state index is 12.5. The SMILES string of the molecule is CC(C)[C@H](NC(=O)c1cccc(Cl)c1)c1ccc2c(c1)OCCO2. The molecule has 0 aromatic heterocycles. The molecule has 1 aliphatic heterocycles. The largest absolute Gasteiger partial charge is 0.486 e. The van der Waals surface area contributed by atoms with E-state index in [1.165, 1.54) is 0 Å². The molecule has 1 atom stereocenters. The summed E-state index contributed by atoms with van der Waals surface area (Å²) < 4.78 is 11.2. The highest BCUT2D eigenvalue weighted by atomic mass is 35.5. The summed E-state index contributed by atoms with van der Waals surface area (Å²) in [6.07, 6.45) is 0. The summed E-state index contributed by atoms with van der Waals surface area (Å²) in [6, 6.07) is 12.6. The zero-order valence-electron chi connectivity index (χ0n) is 13.7. The van der Waals surface area contributed by atoms with E-state index in [9.17, 15) is 4.79 Å². The van der Waals surface area contributed by atoms with Crippen molar-refractivity contribution >= 4 is 17.5 Å².